The van der Waals surface area contributed by atoms with Gasteiger partial charge in [-0.1, -0.05) is 42.5 Å². The zero-order valence-corrected chi connectivity index (χ0v) is 12.1. The molecule has 0 fully saturated rings. The first-order valence-corrected chi connectivity index (χ1v) is 7.22. The Balaban J connectivity index is 1.95. The molecule has 4 rings (SSSR count). The molecule has 1 heterocycles. The van der Waals surface area contributed by atoms with E-state index in [4.69, 9.17) is 0 Å². The van der Waals surface area contributed by atoms with E-state index in [0.717, 1.165) is 22.2 Å². The summed E-state index contributed by atoms with van der Waals surface area (Å²) in [6, 6.07) is 18.8. The fraction of sp³-hybridized carbons (Fsp3) is 0. The Bertz CT molecular complexity index is 971. The Morgan fingerprint density at radius 3 is 2.22 bits per heavy atom. The van der Waals surface area contributed by atoms with Crippen LogP contribution in [0.2, 0.25) is 0 Å². The molecular weight excluding hydrogens is 294 g/mol. The minimum Gasteiger partial charge on any atom is -0.277 e. The van der Waals surface area contributed by atoms with Crippen molar-refractivity contribution in [3.8, 4) is 22.4 Å². The second-order valence-electron chi connectivity index (χ2n) is 5.30. The van der Waals surface area contributed by atoms with Crippen molar-refractivity contribution < 1.29 is 8.78 Å². The molecule has 1 N–H and O–H groups in total. The summed E-state index contributed by atoms with van der Waals surface area (Å²) in [6.07, 6.45) is 0. The smallest absolute Gasteiger partial charge is 0.133 e. The van der Waals surface area contributed by atoms with Crippen LogP contribution in [0.15, 0.2) is 66.7 Å². The van der Waals surface area contributed by atoms with Crippen LogP contribution in [-0.2, 0) is 0 Å². The summed E-state index contributed by atoms with van der Waals surface area (Å²) in [5.41, 5.74) is 3.01. The van der Waals surface area contributed by atoms with E-state index in [0.29, 0.717) is 5.56 Å². The van der Waals surface area contributed by atoms with E-state index in [1.54, 1.807) is 18.2 Å². The van der Waals surface area contributed by atoms with Crippen LogP contribution in [0.5, 0.6) is 0 Å². The quantitative estimate of drug-likeness (QED) is 0.543. The van der Waals surface area contributed by atoms with Gasteiger partial charge in [-0.3, -0.25) is 5.10 Å². The van der Waals surface area contributed by atoms with Gasteiger partial charge in [0, 0.05) is 10.9 Å². The molecule has 3 aromatic carbocycles. The molecule has 2 nitrogen and oxygen atoms in total. The topological polar surface area (TPSA) is 28.7 Å². The third-order valence-electron chi connectivity index (χ3n) is 3.86. The number of aromatic amines is 1. The minimum absolute atomic E-state index is 0.0189. The molecule has 0 aliphatic heterocycles. The van der Waals surface area contributed by atoms with E-state index in [9.17, 15) is 8.78 Å². The van der Waals surface area contributed by atoms with Crippen molar-refractivity contribution in [2.75, 3.05) is 0 Å². The maximum Gasteiger partial charge on any atom is 0.133 e. The molecule has 0 aliphatic rings. The molecule has 112 valence electrons. The third kappa shape index (κ3) is 2.28. The summed E-state index contributed by atoms with van der Waals surface area (Å²) in [5, 5.41) is 8.12. The van der Waals surface area contributed by atoms with Crippen LogP contribution in [0.25, 0.3) is 33.3 Å². The van der Waals surface area contributed by atoms with Crippen LogP contribution in [0.3, 0.4) is 0 Å². The number of hydrogen-bond donors (Lipinski definition) is 1. The maximum absolute atomic E-state index is 14.0. The molecule has 0 aliphatic carbocycles. The molecule has 0 radical (unpaired) electrons. The molecule has 4 heteroatoms. The number of fused-ring (bicyclic) bond motifs is 1. The highest BCUT2D eigenvalue weighted by Crippen LogP contribution is 2.32. The van der Waals surface area contributed by atoms with Gasteiger partial charge in [-0.25, -0.2) is 8.78 Å². The lowest BCUT2D eigenvalue weighted by atomic mass is 10.0. The van der Waals surface area contributed by atoms with E-state index < -0.39 is 11.6 Å². The monoisotopic (exact) mass is 306 g/mol. The van der Waals surface area contributed by atoms with Crippen LogP contribution in [0.4, 0.5) is 8.78 Å². The molecule has 0 unspecified atom stereocenters. The highest BCUT2D eigenvalue weighted by atomic mass is 19.1. The zero-order chi connectivity index (χ0) is 15.8. The number of aromatic nitrogens is 2. The summed E-state index contributed by atoms with van der Waals surface area (Å²) in [5.74, 6) is -1.15. The molecule has 0 saturated heterocycles. The van der Waals surface area contributed by atoms with Gasteiger partial charge in [-0.15, -0.1) is 0 Å². The Kier molecular flexibility index (Phi) is 3.15. The third-order valence-corrected chi connectivity index (χ3v) is 3.86. The average Bonchev–Trinajstić information content (AvgIpc) is 2.99. The molecule has 0 atom stereocenters. The predicted molar refractivity (Wildman–Crippen MR) is 86.9 cm³/mol. The Morgan fingerprint density at radius 1 is 0.739 bits per heavy atom. The van der Waals surface area contributed by atoms with Gasteiger partial charge in [-0.05, 0) is 29.8 Å². The Morgan fingerprint density at radius 2 is 1.48 bits per heavy atom. The summed E-state index contributed by atoms with van der Waals surface area (Å²) < 4.78 is 28.0. The molecular formula is C19H12F2N2. The summed E-state index contributed by atoms with van der Waals surface area (Å²) in [6.45, 7) is 0. The summed E-state index contributed by atoms with van der Waals surface area (Å²) in [7, 11) is 0. The SMILES string of the molecule is Fc1cccc(F)c1-c1ccc2[nH]nc(-c3ccccc3)c2c1. The van der Waals surface area contributed by atoms with Crippen molar-refractivity contribution in [1.29, 1.82) is 0 Å². The number of nitrogens with one attached hydrogen (secondary N) is 1. The van der Waals surface area contributed by atoms with E-state index in [2.05, 4.69) is 10.2 Å². The molecule has 0 bridgehead atoms. The van der Waals surface area contributed by atoms with Crippen molar-refractivity contribution in [3.05, 3.63) is 78.4 Å². The molecule has 0 saturated carbocycles. The Hall–Kier alpha value is -3.01. The predicted octanol–water partition coefficient (Wildman–Crippen LogP) is 5.18. The fourth-order valence-corrected chi connectivity index (χ4v) is 2.76. The van der Waals surface area contributed by atoms with Crippen molar-refractivity contribution in [1.82, 2.24) is 10.2 Å². The van der Waals surface area contributed by atoms with Crippen LogP contribution in [0.1, 0.15) is 0 Å². The normalized spacial score (nSPS) is 11.0. The van der Waals surface area contributed by atoms with Gasteiger partial charge >= 0.3 is 0 Å². The van der Waals surface area contributed by atoms with E-state index in [1.165, 1.54) is 18.2 Å². The number of nitrogens with zero attached hydrogens (tertiary/aromatic N) is 1. The zero-order valence-electron chi connectivity index (χ0n) is 12.1. The van der Waals surface area contributed by atoms with Crippen molar-refractivity contribution in [2.45, 2.75) is 0 Å². The van der Waals surface area contributed by atoms with Gasteiger partial charge < -0.3 is 0 Å². The van der Waals surface area contributed by atoms with Crippen molar-refractivity contribution >= 4 is 10.9 Å². The van der Waals surface area contributed by atoms with Gasteiger partial charge in [0.2, 0.25) is 0 Å². The summed E-state index contributed by atoms with van der Waals surface area (Å²) >= 11 is 0. The highest BCUT2D eigenvalue weighted by Gasteiger charge is 2.14. The lowest BCUT2D eigenvalue weighted by Gasteiger charge is -2.06. The highest BCUT2D eigenvalue weighted by molar-refractivity contribution is 5.95. The van der Waals surface area contributed by atoms with E-state index >= 15 is 0 Å². The van der Waals surface area contributed by atoms with E-state index in [-0.39, 0.29) is 5.56 Å². The number of benzene rings is 3. The Labute approximate surface area is 131 Å². The van der Waals surface area contributed by atoms with Crippen LogP contribution >= 0.6 is 0 Å². The largest absolute Gasteiger partial charge is 0.277 e. The van der Waals surface area contributed by atoms with Gasteiger partial charge in [0.25, 0.3) is 0 Å². The maximum atomic E-state index is 14.0. The van der Waals surface area contributed by atoms with Gasteiger partial charge in [-0.2, -0.15) is 5.10 Å². The second kappa shape index (κ2) is 5.32. The van der Waals surface area contributed by atoms with E-state index in [1.807, 2.05) is 30.3 Å². The number of H-pyrrole nitrogens is 1. The van der Waals surface area contributed by atoms with Crippen LogP contribution in [-0.4, -0.2) is 10.2 Å². The van der Waals surface area contributed by atoms with Gasteiger partial charge in [0.05, 0.1) is 16.8 Å². The lowest BCUT2D eigenvalue weighted by molar-refractivity contribution is 0.589. The number of halogens is 2. The molecule has 1 aromatic heterocycles. The first-order chi connectivity index (χ1) is 11.2. The van der Waals surface area contributed by atoms with Gasteiger partial charge in [0.15, 0.2) is 0 Å². The van der Waals surface area contributed by atoms with Crippen LogP contribution in [0, 0.1) is 11.6 Å². The molecule has 0 amide bonds. The summed E-state index contributed by atoms with van der Waals surface area (Å²) in [4.78, 5) is 0. The average molecular weight is 306 g/mol. The molecule has 4 aromatic rings. The number of rotatable bonds is 2. The van der Waals surface area contributed by atoms with Gasteiger partial charge in [0.1, 0.15) is 11.6 Å². The first-order valence-electron chi connectivity index (χ1n) is 7.22. The lowest BCUT2D eigenvalue weighted by Crippen LogP contribution is -1.89. The standard InChI is InChI=1S/C19H12F2N2/c20-15-7-4-8-16(21)18(15)13-9-10-17-14(11-13)19(23-22-17)12-5-2-1-3-6-12/h1-11H,(H,22,23). The fourth-order valence-electron chi connectivity index (χ4n) is 2.76. The number of hydrogen-bond acceptors (Lipinski definition) is 1. The minimum atomic E-state index is -0.575. The first kappa shape index (κ1) is 13.6. The van der Waals surface area contributed by atoms with Crippen molar-refractivity contribution in [3.63, 3.8) is 0 Å². The molecule has 23 heavy (non-hydrogen) atoms. The second-order valence-corrected chi connectivity index (χ2v) is 5.30. The van der Waals surface area contributed by atoms with Crippen molar-refractivity contribution in [2.24, 2.45) is 0 Å². The molecule has 0 spiro atoms. The van der Waals surface area contributed by atoms with Crippen LogP contribution < -0.4 is 0 Å².